The smallest absolute Gasteiger partial charge is 0.246 e. The molecule has 0 radical (unpaired) electrons. The van der Waals surface area contributed by atoms with E-state index >= 15 is 0 Å². The Hall–Kier alpha value is -0.830. The normalized spacial score (nSPS) is 28.5. The SMILES string of the molecule is CON1C(=O)CCCC/C=C(\C)CC1C. The molecule has 0 aromatic rings. The van der Waals surface area contributed by atoms with Crippen molar-refractivity contribution in [3.63, 3.8) is 0 Å². The molecule has 0 saturated carbocycles. The summed E-state index contributed by atoms with van der Waals surface area (Å²) in [6.07, 6.45) is 6.92. The highest BCUT2D eigenvalue weighted by atomic mass is 16.7. The van der Waals surface area contributed by atoms with Crippen LogP contribution in [-0.4, -0.2) is 24.1 Å². The average molecular weight is 211 g/mol. The molecule has 3 nitrogen and oxygen atoms in total. The molecule has 1 atom stereocenters. The quantitative estimate of drug-likeness (QED) is 0.624. The van der Waals surface area contributed by atoms with E-state index in [1.807, 2.05) is 6.92 Å². The molecule has 0 saturated heterocycles. The highest BCUT2D eigenvalue weighted by Crippen LogP contribution is 2.17. The van der Waals surface area contributed by atoms with Crippen LogP contribution in [0.2, 0.25) is 0 Å². The van der Waals surface area contributed by atoms with Gasteiger partial charge in [-0.05, 0) is 39.5 Å². The van der Waals surface area contributed by atoms with Gasteiger partial charge in [-0.25, -0.2) is 5.06 Å². The molecule has 0 aromatic heterocycles. The summed E-state index contributed by atoms with van der Waals surface area (Å²) in [5, 5.41) is 1.52. The van der Waals surface area contributed by atoms with Crippen LogP contribution in [0.5, 0.6) is 0 Å². The van der Waals surface area contributed by atoms with Crippen LogP contribution in [0.25, 0.3) is 0 Å². The zero-order valence-electron chi connectivity index (χ0n) is 9.95. The second-order valence-electron chi connectivity index (χ2n) is 4.25. The van der Waals surface area contributed by atoms with Crippen molar-refractivity contribution in [2.75, 3.05) is 7.11 Å². The maximum Gasteiger partial charge on any atom is 0.246 e. The number of hydrogen-bond donors (Lipinski definition) is 0. The second kappa shape index (κ2) is 5.91. The standard InChI is InChI=1S/C12H21NO2/c1-10-7-5-4-6-8-12(14)13(15-3)11(2)9-10/h7,11H,4-6,8-9H2,1-3H3/b10-7+. The molecule has 3 heteroatoms. The summed E-state index contributed by atoms with van der Waals surface area (Å²) >= 11 is 0. The fourth-order valence-corrected chi connectivity index (χ4v) is 2.04. The maximum atomic E-state index is 11.8. The minimum Gasteiger partial charge on any atom is -0.274 e. The molecular weight excluding hydrogens is 190 g/mol. The van der Waals surface area contributed by atoms with Gasteiger partial charge in [0.25, 0.3) is 0 Å². The lowest BCUT2D eigenvalue weighted by molar-refractivity contribution is -0.186. The predicted octanol–water partition coefficient (Wildman–Crippen LogP) is 2.68. The van der Waals surface area contributed by atoms with Gasteiger partial charge in [-0.15, -0.1) is 0 Å². The molecule has 0 N–H and O–H groups in total. The fourth-order valence-electron chi connectivity index (χ4n) is 2.04. The Morgan fingerprint density at radius 2 is 2.20 bits per heavy atom. The van der Waals surface area contributed by atoms with Crippen LogP contribution in [-0.2, 0) is 9.63 Å². The van der Waals surface area contributed by atoms with E-state index in [0.29, 0.717) is 6.42 Å². The highest BCUT2D eigenvalue weighted by molar-refractivity contribution is 5.75. The van der Waals surface area contributed by atoms with E-state index in [4.69, 9.17) is 4.84 Å². The number of rotatable bonds is 1. The summed E-state index contributed by atoms with van der Waals surface area (Å²) in [4.78, 5) is 16.9. The lowest BCUT2D eigenvalue weighted by Crippen LogP contribution is -2.37. The molecular formula is C12H21NO2. The summed E-state index contributed by atoms with van der Waals surface area (Å²) in [5.41, 5.74) is 1.35. The van der Waals surface area contributed by atoms with Gasteiger partial charge in [0.2, 0.25) is 5.91 Å². The Bertz CT molecular complexity index is 248. The number of allylic oxidation sites excluding steroid dienone is 1. The van der Waals surface area contributed by atoms with Crippen molar-refractivity contribution in [2.24, 2.45) is 0 Å². The first-order valence-electron chi connectivity index (χ1n) is 5.67. The van der Waals surface area contributed by atoms with Gasteiger partial charge in [-0.1, -0.05) is 11.6 Å². The van der Waals surface area contributed by atoms with Crippen LogP contribution in [0.4, 0.5) is 0 Å². The van der Waals surface area contributed by atoms with E-state index in [1.54, 1.807) is 7.11 Å². The Labute approximate surface area is 92.0 Å². The molecule has 15 heavy (non-hydrogen) atoms. The molecule has 86 valence electrons. The van der Waals surface area contributed by atoms with E-state index in [9.17, 15) is 4.79 Å². The lowest BCUT2D eigenvalue weighted by Gasteiger charge is -2.27. The van der Waals surface area contributed by atoms with Gasteiger partial charge in [-0.3, -0.25) is 9.63 Å². The molecule has 0 aromatic carbocycles. The molecule has 0 fully saturated rings. The van der Waals surface area contributed by atoms with Crippen molar-refractivity contribution in [1.29, 1.82) is 0 Å². The van der Waals surface area contributed by atoms with Gasteiger partial charge in [0.15, 0.2) is 0 Å². The van der Waals surface area contributed by atoms with Crippen LogP contribution in [0.1, 0.15) is 46.0 Å². The summed E-state index contributed by atoms with van der Waals surface area (Å²) < 4.78 is 0. The van der Waals surface area contributed by atoms with E-state index in [2.05, 4.69) is 13.0 Å². The number of hydrogen-bond acceptors (Lipinski definition) is 2. The number of carbonyl (C=O) groups excluding carboxylic acids is 1. The van der Waals surface area contributed by atoms with Gasteiger partial charge in [-0.2, -0.15) is 0 Å². The number of hydroxylamine groups is 2. The molecule has 1 aliphatic heterocycles. The molecule has 1 aliphatic rings. The Morgan fingerprint density at radius 1 is 1.47 bits per heavy atom. The Balaban J connectivity index is 2.72. The zero-order chi connectivity index (χ0) is 11.3. The van der Waals surface area contributed by atoms with Crippen LogP contribution < -0.4 is 0 Å². The van der Waals surface area contributed by atoms with E-state index in [1.165, 1.54) is 10.6 Å². The molecule has 1 heterocycles. The molecule has 0 spiro atoms. The van der Waals surface area contributed by atoms with Crippen LogP contribution >= 0.6 is 0 Å². The highest BCUT2D eigenvalue weighted by Gasteiger charge is 2.20. The van der Waals surface area contributed by atoms with Crippen molar-refractivity contribution >= 4 is 5.91 Å². The van der Waals surface area contributed by atoms with Gasteiger partial charge in [0, 0.05) is 6.42 Å². The van der Waals surface area contributed by atoms with E-state index < -0.39 is 0 Å². The Kier molecular flexibility index (Phi) is 4.82. The van der Waals surface area contributed by atoms with Gasteiger partial charge >= 0.3 is 0 Å². The van der Waals surface area contributed by atoms with Crippen molar-refractivity contribution in [1.82, 2.24) is 5.06 Å². The van der Waals surface area contributed by atoms with Crippen LogP contribution in [0, 0.1) is 0 Å². The first-order valence-corrected chi connectivity index (χ1v) is 5.67. The van der Waals surface area contributed by atoms with E-state index in [-0.39, 0.29) is 11.9 Å². The molecule has 0 bridgehead atoms. The third kappa shape index (κ3) is 3.67. The number of amides is 1. The summed E-state index contributed by atoms with van der Waals surface area (Å²) in [5.74, 6) is 0.111. The third-order valence-corrected chi connectivity index (χ3v) is 2.80. The predicted molar refractivity (Wildman–Crippen MR) is 60.2 cm³/mol. The van der Waals surface area contributed by atoms with Crippen LogP contribution in [0.3, 0.4) is 0 Å². The largest absolute Gasteiger partial charge is 0.274 e. The first-order chi connectivity index (χ1) is 7.15. The number of nitrogens with zero attached hydrogens (tertiary/aromatic N) is 1. The van der Waals surface area contributed by atoms with Gasteiger partial charge < -0.3 is 0 Å². The topological polar surface area (TPSA) is 29.5 Å². The molecule has 1 unspecified atom stereocenters. The summed E-state index contributed by atoms with van der Waals surface area (Å²) in [7, 11) is 1.57. The van der Waals surface area contributed by atoms with Crippen LogP contribution in [0.15, 0.2) is 11.6 Å². The zero-order valence-corrected chi connectivity index (χ0v) is 9.95. The first kappa shape index (κ1) is 12.2. The average Bonchev–Trinajstić information content (AvgIpc) is 2.17. The van der Waals surface area contributed by atoms with Crippen molar-refractivity contribution in [3.8, 4) is 0 Å². The lowest BCUT2D eigenvalue weighted by atomic mass is 10.0. The van der Waals surface area contributed by atoms with E-state index in [0.717, 1.165) is 25.7 Å². The minimum absolute atomic E-state index is 0.111. The third-order valence-electron chi connectivity index (χ3n) is 2.80. The Morgan fingerprint density at radius 3 is 2.87 bits per heavy atom. The maximum absolute atomic E-state index is 11.8. The van der Waals surface area contributed by atoms with Gasteiger partial charge in [0.05, 0.1) is 13.2 Å². The van der Waals surface area contributed by atoms with Crippen molar-refractivity contribution < 1.29 is 9.63 Å². The van der Waals surface area contributed by atoms with Crippen molar-refractivity contribution in [3.05, 3.63) is 11.6 Å². The second-order valence-corrected chi connectivity index (χ2v) is 4.25. The molecule has 1 rings (SSSR count). The summed E-state index contributed by atoms with van der Waals surface area (Å²) in [6, 6.07) is 0.136. The minimum atomic E-state index is 0.111. The summed E-state index contributed by atoms with van der Waals surface area (Å²) in [6.45, 7) is 4.15. The molecule has 1 amide bonds. The molecule has 0 aliphatic carbocycles. The monoisotopic (exact) mass is 211 g/mol. The fraction of sp³-hybridized carbons (Fsp3) is 0.750. The van der Waals surface area contributed by atoms with Crippen molar-refractivity contribution in [2.45, 2.75) is 52.0 Å². The van der Waals surface area contributed by atoms with Gasteiger partial charge in [0.1, 0.15) is 0 Å². The number of carbonyl (C=O) groups is 1.